The lowest BCUT2D eigenvalue weighted by molar-refractivity contribution is 0.0946. The summed E-state index contributed by atoms with van der Waals surface area (Å²) in [6, 6.07) is 20.6. The first-order valence-corrected chi connectivity index (χ1v) is 6.99. The minimum absolute atomic E-state index is 0.00216. The van der Waals surface area contributed by atoms with Gasteiger partial charge in [-0.05, 0) is 24.3 Å². The van der Waals surface area contributed by atoms with Gasteiger partial charge in [-0.3, -0.25) is 4.90 Å². The number of ether oxygens (including phenoxy) is 2. The molecule has 1 fully saturated rings. The Kier molecular flexibility index (Phi) is 4.17. The molecule has 1 unspecified atom stereocenters. The van der Waals surface area contributed by atoms with Crippen LogP contribution in [0.5, 0.6) is 0 Å². The van der Waals surface area contributed by atoms with Crippen LogP contribution in [0.25, 0.3) is 0 Å². The van der Waals surface area contributed by atoms with Crippen molar-refractivity contribution in [2.24, 2.45) is 4.99 Å². The molecule has 0 bridgehead atoms. The number of hydrogen-bond acceptors (Lipinski definition) is 3. The third-order valence-electron chi connectivity index (χ3n) is 3.29. The van der Waals surface area contributed by atoms with E-state index in [0.29, 0.717) is 12.6 Å². The average Bonchev–Trinajstić information content (AvgIpc) is 2.92. The van der Waals surface area contributed by atoms with Gasteiger partial charge in [0.25, 0.3) is 6.02 Å². The summed E-state index contributed by atoms with van der Waals surface area (Å²) in [6.07, 6.45) is -0.00216. The maximum Gasteiger partial charge on any atom is 0.297 e. The van der Waals surface area contributed by atoms with E-state index in [1.807, 2.05) is 48.5 Å². The zero-order valence-corrected chi connectivity index (χ0v) is 12.0. The molecule has 108 valence electrons. The number of methoxy groups -OCH3 is 1. The second-order valence-corrected chi connectivity index (χ2v) is 4.87. The molecule has 0 N–H and O–H groups in total. The van der Waals surface area contributed by atoms with Gasteiger partial charge in [0.2, 0.25) is 0 Å². The van der Waals surface area contributed by atoms with E-state index >= 15 is 0 Å². The summed E-state index contributed by atoms with van der Waals surface area (Å²) < 4.78 is 11.1. The van der Waals surface area contributed by atoms with Crippen molar-refractivity contribution in [1.29, 1.82) is 0 Å². The van der Waals surface area contributed by atoms with Crippen LogP contribution in [0.1, 0.15) is 0 Å². The van der Waals surface area contributed by atoms with Crippen LogP contribution in [0.2, 0.25) is 0 Å². The van der Waals surface area contributed by atoms with Crippen LogP contribution in [0, 0.1) is 0 Å². The topological polar surface area (TPSA) is 34.1 Å². The lowest BCUT2D eigenvalue weighted by atomic mass is 10.3. The number of anilines is 1. The van der Waals surface area contributed by atoms with Gasteiger partial charge in [-0.2, -0.15) is 4.99 Å². The highest BCUT2D eigenvalue weighted by Gasteiger charge is 2.30. The Balaban J connectivity index is 1.90. The summed E-state index contributed by atoms with van der Waals surface area (Å²) in [7, 11) is 1.68. The Bertz CT molecular complexity index is 599. The number of benzene rings is 2. The van der Waals surface area contributed by atoms with Crippen molar-refractivity contribution in [2.45, 2.75) is 6.10 Å². The summed E-state index contributed by atoms with van der Waals surface area (Å²) in [4.78, 5) is 6.69. The molecule has 1 saturated heterocycles. The van der Waals surface area contributed by atoms with Gasteiger partial charge in [0.1, 0.15) is 6.10 Å². The first-order chi connectivity index (χ1) is 10.4. The Morgan fingerprint density at radius 1 is 1.10 bits per heavy atom. The third kappa shape index (κ3) is 3.23. The average molecular weight is 282 g/mol. The first kappa shape index (κ1) is 13.6. The van der Waals surface area contributed by atoms with E-state index in [2.05, 4.69) is 22.0 Å². The molecule has 0 saturated carbocycles. The molecule has 0 spiro atoms. The molecule has 0 amide bonds. The summed E-state index contributed by atoms with van der Waals surface area (Å²) in [5.74, 6) is 0. The molecule has 4 nitrogen and oxygen atoms in total. The molecule has 3 rings (SSSR count). The number of aliphatic imine (C=N–C) groups is 1. The SMILES string of the molecule is COCC1CN(c2ccccc2)C(=Nc2ccccc2)O1. The second kappa shape index (κ2) is 6.41. The Morgan fingerprint density at radius 2 is 1.76 bits per heavy atom. The maximum atomic E-state index is 5.92. The van der Waals surface area contributed by atoms with Crippen LogP contribution >= 0.6 is 0 Å². The maximum absolute atomic E-state index is 5.92. The fourth-order valence-corrected chi connectivity index (χ4v) is 2.33. The zero-order valence-electron chi connectivity index (χ0n) is 12.0. The van der Waals surface area contributed by atoms with Gasteiger partial charge in [0, 0.05) is 12.8 Å². The molecule has 4 heteroatoms. The number of amidine groups is 1. The molecular formula is C17H18N2O2. The molecule has 21 heavy (non-hydrogen) atoms. The van der Waals surface area contributed by atoms with Crippen LogP contribution in [-0.4, -0.2) is 32.4 Å². The van der Waals surface area contributed by atoms with Gasteiger partial charge in [0.05, 0.1) is 18.8 Å². The minimum Gasteiger partial charge on any atom is -0.457 e. The van der Waals surface area contributed by atoms with Gasteiger partial charge in [-0.25, -0.2) is 0 Å². The van der Waals surface area contributed by atoms with Crippen LogP contribution in [0.4, 0.5) is 11.4 Å². The molecule has 2 aromatic rings. The molecule has 0 aliphatic carbocycles. The predicted molar refractivity (Wildman–Crippen MR) is 84.1 cm³/mol. The fourth-order valence-electron chi connectivity index (χ4n) is 2.33. The quantitative estimate of drug-likeness (QED) is 0.863. The smallest absolute Gasteiger partial charge is 0.297 e. The van der Waals surface area contributed by atoms with E-state index in [9.17, 15) is 0 Å². The molecule has 1 atom stereocenters. The van der Waals surface area contributed by atoms with Gasteiger partial charge in [-0.1, -0.05) is 36.4 Å². The molecular weight excluding hydrogens is 264 g/mol. The highest BCUT2D eigenvalue weighted by Crippen LogP contribution is 2.23. The molecule has 1 aliphatic rings. The summed E-state index contributed by atoms with van der Waals surface area (Å²) >= 11 is 0. The lowest BCUT2D eigenvalue weighted by Gasteiger charge is -2.15. The van der Waals surface area contributed by atoms with E-state index in [1.165, 1.54) is 0 Å². The van der Waals surface area contributed by atoms with Crippen molar-refractivity contribution in [3.8, 4) is 0 Å². The fraction of sp³-hybridized carbons (Fsp3) is 0.235. The van der Waals surface area contributed by atoms with Crippen LogP contribution < -0.4 is 4.90 Å². The number of nitrogens with zero attached hydrogens (tertiary/aromatic N) is 2. The van der Waals surface area contributed by atoms with E-state index in [1.54, 1.807) is 7.11 Å². The number of para-hydroxylation sites is 2. The largest absolute Gasteiger partial charge is 0.457 e. The third-order valence-corrected chi connectivity index (χ3v) is 3.29. The standard InChI is InChI=1S/C17H18N2O2/c1-20-13-16-12-19(15-10-6-3-7-11-15)17(21-16)18-14-8-4-2-5-9-14/h2-11,16H,12-13H2,1H3. The normalized spacial score (nSPS) is 19.8. The van der Waals surface area contributed by atoms with Crippen LogP contribution in [0.3, 0.4) is 0 Å². The summed E-state index contributed by atoms with van der Waals surface area (Å²) in [5.41, 5.74) is 1.96. The van der Waals surface area contributed by atoms with Gasteiger partial charge in [0.15, 0.2) is 0 Å². The zero-order chi connectivity index (χ0) is 14.5. The lowest BCUT2D eigenvalue weighted by Crippen LogP contribution is -2.26. The van der Waals surface area contributed by atoms with Gasteiger partial charge in [-0.15, -0.1) is 0 Å². The van der Waals surface area contributed by atoms with Crippen LogP contribution in [0.15, 0.2) is 65.7 Å². The molecule has 0 aromatic heterocycles. The summed E-state index contributed by atoms with van der Waals surface area (Å²) in [5, 5.41) is 0. The Morgan fingerprint density at radius 3 is 2.43 bits per heavy atom. The Hall–Kier alpha value is -2.33. The Labute approximate surface area is 124 Å². The van der Waals surface area contributed by atoms with Crippen molar-refractivity contribution < 1.29 is 9.47 Å². The van der Waals surface area contributed by atoms with Gasteiger partial charge >= 0.3 is 0 Å². The van der Waals surface area contributed by atoms with E-state index in [-0.39, 0.29) is 6.10 Å². The van der Waals surface area contributed by atoms with E-state index < -0.39 is 0 Å². The highest BCUT2D eigenvalue weighted by molar-refractivity contribution is 5.95. The molecule has 1 heterocycles. The van der Waals surface area contributed by atoms with E-state index in [0.717, 1.165) is 17.9 Å². The number of hydrogen-bond donors (Lipinski definition) is 0. The van der Waals surface area contributed by atoms with E-state index in [4.69, 9.17) is 9.47 Å². The van der Waals surface area contributed by atoms with Crippen molar-refractivity contribution in [3.63, 3.8) is 0 Å². The van der Waals surface area contributed by atoms with Crippen molar-refractivity contribution in [1.82, 2.24) is 0 Å². The molecule has 1 aliphatic heterocycles. The molecule has 0 radical (unpaired) electrons. The number of rotatable bonds is 4. The van der Waals surface area contributed by atoms with Gasteiger partial charge < -0.3 is 9.47 Å². The van der Waals surface area contributed by atoms with Crippen molar-refractivity contribution in [2.75, 3.05) is 25.2 Å². The minimum atomic E-state index is -0.00216. The van der Waals surface area contributed by atoms with Crippen molar-refractivity contribution >= 4 is 17.4 Å². The van der Waals surface area contributed by atoms with Crippen LogP contribution in [-0.2, 0) is 9.47 Å². The second-order valence-electron chi connectivity index (χ2n) is 4.87. The first-order valence-electron chi connectivity index (χ1n) is 6.99. The molecule has 2 aromatic carbocycles. The van der Waals surface area contributed by atoms with Crippen molar-refractivity contribution in [3.05, 3.63) is 60.7 Å². The highest BCUT2D eigenvalue weighted by atomic mass is 16.6. The monoisotopic (exact) mass is 282 g/mol. The summed E-state index contributed by atoms with van der Waals surface area (Å²) in [6.45, 7) is 1.29. The predicted octanol–water partition coefficient (Wildman–Crippen LogP) is 3.23.